The van der Waals surface area contributed by atoms with Crippen LogP contribution in [0.4, 0.5) is 13.2 Å². The summed E-state index contributed by atoms with van der Waals surface area (Å²) in [5.74, 6) is -1.84. The summed E-state index contributed by atoms with van der Waals surface area (Å²) in [6.07, 6.45) is -1.01. The number of aliphatic carboxylic acids is 1. The number of rotatable bonds is 4. The minimum Gasteiger partial charge on any atom is -0.478 e. The first kappa shape index (κ1) is 13.6. The third-order valence-electron chi connectivity index (χ3n) is 1.85. The second kappa shape index (κ2) is 5.25. The molecule has 1 rings (SSSR count). The fourth-order valence-electron chi connectivity index (χ4n) is 1.10. The third kappa shape index (κ3) is 3.27. The summed E-state index contributed by atoms with van der Waals surface area (Å²) < 4.78 is 38.1. The van der Waals surface area contributed by atoms with Crippen LogP contribution in [0.1, 0.15) is 0 Å². The molecule has 0 radical (unpaired) electrons. The zero-order valence-corrected chi connectivity index (χ0v) is 8.80. The molecule has 0 aromatic heterocycles. The molecule has 1 heterocycles. The minimum absolute atomic E-state index is 0.00155. The number of carboxylic acid groups (broad SMARTS) is 1. The first-order valence-electron chi connectivity index (χ1n) is 4.56. The zero-order valence-electron chi connectivity index (χ0n) is 8.80. The van der Waals surface area contributed by atoms with Crippen molar-refractivity contribution < 1.29 is 23.1 Å². The Balaban J connectivity index is 3.14. The topological polar surface area (TPSA) is 97.2 Å². The molecule has 98 valence electrons. The van der Waals surface area contributed by atoms with E-state index in [0.29, 0.717) is 0 Å². The first-order chi connectivity index (χ1) is 8.36. The number of hydrogen-bond acceptors (Lipinski definition) is 5. The highest BCUT2D eigenvalue weighted by molar-refractivity contribution is 6.08. The molecule has 1 aliphatic rings. The van der Waals surface area contributed by atoms with Crippen LogP contribution in [-0.2, 0) is 4.79 Å². The van der Waals surface area contributed by atoms with Gasteiger partial charge in [-0.15, -0.1) is 0 Å². The highest BCUT2D eigenvalue weighted by atomic mass is 19.4. The summed E-state index contributed by atoms with van der Waals surface area (Å²) in [7, 11) is 0. The van der Waals surface area contributed by atoms with Crippen LogP contribution in [0.15, 0.2) is 35.4 Å². The van der Waals surface area contributed by atoms with E-state index in [4.69, 9.17) is 10.5 Å². The second-order valence-corrected chi connectivity index (χ2v) is 3.08. The molecule has 0 saturated heterocycles. The van der Waals surface area contributed by atoms with Gasteiger partial charge >= 0.3 is 12.1 Å². The number of hydrazine groups is 1. The molecule has 0 aromatic carbocycles. The number of allylic oxidation sites excluding steroid dienone is 2. The molecule has 0 saturated carbocycles. The van der Waals surface area contributed by atoms with E-state index in [-0.39, 0.29) is 11.9 Å². The molecule has 0 spiro atoms. The summed E-state index contributed by atoms with van der Waals surface area (Å²) in [5, 5.41) is 17.3. The van der Waals surface area contributed by atoms with E-state index < -0.39 is 23.4 Å². The number of halogens is 3. The van der Waals surface area contributed by atoms with Gasteiger partial charge in [0.1, 0.15) is 11.3 Å². The van der Waals surface area contributed by atoms with Gasteiger partial charge < -0.3 is 26.7 Å². The minimum atomic E-state index is -4.91. The zero-order chi connectivity index (χ0) is 13.8. The molecule has 0 aliphatic carbocycles. The maximum Gasteiger partial charge on any atom is 0.432 e. The Morgan fingerprint density at radius 1 is 1.44 bits per heavy atom. The summed E-state index contributed by atoms with van der Waals surface area (Å²) in [5.41, 5.74) is 2.23. The molecule has 6 nitrogen and oxygen atoms in total. The molecule has 0 bridgehead atoms. The van der Waals surface area contributed by atoms with Crippen LogP contribution < -0.4 is 16.2 Å². The lowest BCUT2D eigenvalue weighted by molar-refractivity contribution is -0.133. The van der Waals surface area contributed by atoms with Gasteiger partial charge in [-0.3, -0.25) is 0 Å². The van der Waals surface area contributed by atoms with Crippen LogP contribution in [0.5, 0.6) is 0 Å². The monoisotopic (exact) mass is 262 g/mol. The summed E-state index contributed by atoms with van der Waals surface area (Å²) in [4.78, 5) is 10.6. The Labute approximate surface area is 99.3 Å². The van der Waals surface area contributed by atoms with Crippen molar-refractivity contribution in [2.24, 2.45) is 0 Å². The van der Waals surface area contributed by atoms with Gasteiger partial charge in [-0.05, 0) is 6.08 Å². The standard InChI is InChI=1S/C9H9F3N4O2/c10-9(11,12)7(6(3-13)8(17)18)16-5-1-2-14-15-4-5/h1-4,13-16H,(H,17,18)/b7-6+,13-3?. The van der Waals surface area contributed by atoms with Crippen molar-refractivity contribution in [3.05, 3.63) is 35.4 Å². The lowest BCUT2D eigenvalue weighted by Gasteiger charge is -2.18. The molecule has 0 aromatic rings. The fraction of sp³-hybridized carbons (Fsp3) is 0.111. The lowest BCUT2D eigenvalue weighted by Crippen LogP contribution is -2.33. The van der Waals surface area contributed by atoms with Crippen molar-refractivity contribution >= 4 is 12.2 Å². The van der Waals surface area contributed by atoms with Gasteiger partial charge in [-0.2, -0.15) is 13.2 Å². The van der Waals surface area contributed by atoms with Crippen molar-refractivity contribution in [1.29, 1.82) is 5.41 Å². The highest BCUT2D eigenvalue weighted by Gasteiger charge is 2.38. The van der Waals surface area contributed by atoms with E-state index in [1.54, 1.807) is 0 Å². The van der Waals surface area contributed by atoms with Gasteiger partial charge in [0.05, 0.1) is 5.70 Å². The molecule has 5 N–H and O–H groups in total. The van der Waals surface area contributed by atoms with Crippen molar-refractivity contribution in [1.82, 2.24) is 16.2 Å². The number of nitrogens with one attached hydrogen (secondary N) is 4. The average Bonchev–Trinajstić information content (AvgIpc) is 2.28. The predicted molar refractivity (Wildman–Crippen MR) is 56.1 cm³/mol. The first-order valence-corrected chi connectivity index (χ1v) is 4.56. The maximum atomic E-state index is 12.7. The van der Waals surface area contributed by atoms with Crippen LogP contribution in [0.3, 0.4) is 0 Å². The van der Waals surface area contributed by atoms with Crippen LogP contribution in [-0.4, -0.2) is 23.5 Å². The van der Waals surface area contributed by atoms with Crippen molar-refractivity contribution in [3.63, 3.8) is 0 Å². The van der Waals surface area contributed by atoms with E-state index in [1.807, 2.05) is 5.32 Å². The molecule has 0 unspecified atom stereocenters. The summed E-state index contributed by atoms with van der Waals surface area (Å²) in [6.45, 7) is 0. The average molecular weight is 262 g/mol. The molecule has 0 fully saturated rings. The number of carbonyl (C=O) groups is 1. The molecule has 18 heavy (non-hydrogen) atoms. The van der Waals surface area contributed by atoms with E-state index >= 15 is 0 Å². The van der Waals surface area contributed by atoms with Crippen LogP contribution in [0.25, 0.3) is 0 Å². The van der Waals surface area contributed by atoms with Crippen molar-refractivity contribution in [2.45, 2.75) is 6.18 Å². The Kier molecular flexibility index (Phi) is 3.97. The smallest absolute Gasteiger partial charge is 0.432 e. The third-order valence-corrected chi connectivity index (χ3v) is 1.85. The van der Waals surface area contributed by atoms with Crippen LogP contribution in [0, 0.1) is 5.41 Å². The number of alkyl halides is 3. The van der Waals surface area contributed by atoms with Gasteiger partial charge in [0.25, 0.3) is 0 Å². The van der Waals surface area contributed by atoms with E-state index in [2.05, 4.69) is 10.9 Å². The van der Waals surface area contributed by atoms with E-state index in [9.17, 15) is 18.0 Å². The molecular weight excluding hydrogens is 253 g/mol. The highest BCUT2D eigenvalue weighted by Crippen LogP contribution is 2.27. The van der Waals surface area contributed by atoms with Crippen LogP contribution >= 0.6 is 0 Å². The molecule has 1 aliphatic heterocycles. The Morgan fingerprint density at radius 2 is 2.11 bits per heavy atom. The van der Waals surface area contributed by atoms with Crippen molar-refractivity contribution in [2.75, 3.05) is 0 Å². The lowest BCUT2D eigenvalue weighted by atomic mass is 10.2. The Bertz CT molecular complexity index is 451. The summed E-state index contributed by atoms with van der Waals surface area (Å²) in [6, 6.07) is 0. The molecular formula is C9H9F3N4O2. The van der Waals surface area contributed by atoms with Gasteiger partial charge in [-0.1, -0.05) is 0 Å². The van der Waals surface area contributed by atoms with Gasteiger partial charge in [-0.25, -0.2) is 4.79 Å². The van der Waals surface area contributed by atoms with Gasteiger partial charge in [0.2, 0.25) is 0 Å². The largest absolute Gasteiger partial charge is 0.478 e. The SMILES string of the molecule is N=C/C(C(=O)O)=C(\NC1=CNNC=C1)C(F)(F)F. The Hall–Kier alpha value is -2.45. The van der Waals surface area contributed by atoms with Crippen molar-refractivity contribution in [3.8, 4) is 0 Å². The maximum absolute atomic E-state index is 12.7. The predicted octanol–water partition coefficient (Wildman–Crippen LogP) is 0.589. The number of carboxylic acids is 1. The fourth-order valence-corrected chi connectivity index (χ4v) is 1.10. The molecule has 9 heteroatoms. The summed E-state index contributed by atoms with van der Waals surface area (Å²) >= 11 is 0. The quantitative estimate of drug-likeness (QED) is 0.377. The van der Waals surface area contributed by atoms with Gasteiger partial charge in [0.15, 0.2) is 0 Å². The normalized spacial score (nSPS) is 15.8. The second-order valence-electron chi connectivity index (χ2n) is 3.08. The molecule has 0 atom stereocenters. The van der Waals surface area contributed by atoms with E-state index in [0.717, 1.165) is 0 Å². The van der Waals surface area contributed by atoms with Crippen LogP contribution in [0.2, 0.25) is 0 Å². The van der Waals surface area contributed by atoms with E-state index in [1.165, 1.54) is 18.5 Å². The Morgan fingerprint density at radius 3 is 2.50 bits per heavy atom. The number of hydrogen-bond donors (Lipinski definition) is 5. The van der Waals surface area contributed by atoms with Gasteiger partial charge in [0, 0.05) is 18.6 Å². The molecule has 0 amide bonds.